The van der Waals surface area contributed by atoms with Crippen LogP contribution >= 0.6 is 0 Å². The van der Waals surface area contributed by atoms with Crippen molar-refractivity contribution in [2.45, 2.75) is 56.3 Å². The van der Waals surface area contributed by atoms with Gasteiger partial charge in [-0.1, -0.05) is 24.3 Å². The first-order chi connectivity index (χ1) is 20.1. The minimum absolute atomic E-state index is 0.247. The average molecular weight is 555 g/mol. The second kappa shape index (κ2) is 10.2. The molecule has 2 unspecified atom stereocenters. The van der Waals surface area contributed by atoms with Crippen molar-refractivity contribution >= 4 is 27.6 Å². The Labute approximate surface area is 240 Å². The maximum absolute atomic E-state index is 10.6. The molecule has 4 aliphatic heterocycles. The molecule has 4 aromatic rings. The number of hydrogen-bond acceptors (Lipinski definition) is 8. The molecular formula is C32H38N6O3. The van der Waals surface area contributed by atoms with Gasteiger partial charge in [0.05, 0.1) is 19.8 Å². The number of morpholine rings is 1. The number of piperazine rings is 1. The number of nitrogens with zero attached hydrogens (tertiary/aromatic N) is 5. The highest BCUT2D eigenvalue weighted by atomic mass is 16.5. The number of fused-ring (bicyclic) bond motifs is 6. The second-order valence-corrected chi connectivity index (χ2v) is 12.3. The van der Waals surface area contributed by atoms with Crippen LogP contribution in [0.3, 0.4) is 0 Å². The summed E-state index contributed by atoms with van der Waals surface area (Å²) in [6.45, 7) is 5.16. The molecule has 2 aromatic heterocycles. The fourth-order valence-corrected chi connectivity index (χ4v) is 7.71. The highest BCUT2D eigenvalue weighted by molar-refractivity contribution is 6.06. The summed E-state index contributed by atoms with van der Waals surface area (Å²) in [4.78, 5) is 15.1. The van der Waals surface area contributed by atoms with Crippen LogP contribution in [0.25, 0.3) is 32.9 Å². The smallest absolute Gasteiger partial charge is 0.319 e. The van der Waals surface area contributed by atoms with E-state index >= 15 is 0 Å². The number of anilines is 1. The molecule has 0 radical (unpaired) electrons. The number of aryl methyl sites for hydroxylation is 1. The Morgan fingerprint density at radius 1 is 1.00 bits per heavy atom. The van der Waals surface area contributed by atoms with Crippen molar-refractivity contribution in [1.29, 1.82) is 0 Å². The van der Waals surface area contributed by atoms with Crippen molar-refractivity contribution in [3.05, 3.63) is 42.6 Å². The molecule has 41 heavy (non-hydrogen) atoms. The predicted octanol–water partition coefficient (Wildman–Crippen LogP) is 4.07. The molecule has 9 nitrogen and oxygen atoms in total. The van der Waals surface area contributed by atoms with E-state index < -0.39 is 0 Å². The van der Waals surface area contributed by atoms with E-state index in [-0.39, 0.29) is 5.75 Å². The van der Waals surface area contributed by atoms with E-state index in [4.69, 9.17) is 19.4 Å². The number of ether oxygens (including phenoxy) is 2. The Hall–Kier alpha value is -3.40. The van der Waals surface area contributed by atoms with E-state index in [1.54, 1.807) is 0 Å². The summed E-state index contributed by atoms with van der Waals surface area (Å²) < 4.78 is 14.2. The molecule has 214 valence electrons. The zero-order valence-corrected chi connectivity index (χ0v) is 23.6. The molecule has 0 aliphatic carbocycles. The zero-order valence-electron chi connectivity index (χ0n) is 23.6. The average Bonchev–Trinajstić information content (AvgIpc) is 3.57. The van der Waals surface area contributed by atoms with Gasteiger partial charge in [0.1, 0.15) is 16.8 Å². The fraction of sp³-hybridized carbons (Fsp3) is 0.500. The van der Waals surface area contributed by atoms with Crippen LogP contribution in [0.4, 0.5) is 5.82 Å². The third-order valence-corrected chi connectivity index (χ3v) is 9.61. The first-order valence-electron chi connectivity index (χ1n) is 15.2. The number of phenolic OH excluding ortho intramolecular Hbond substituents is 1. The molecule has 4 aliphatic rings. The summed E-state index contributed by atoms with van der Waals surface area (Å²) in [5.74, 6) is 1.19. The van der Waals surface area contributed by atoms with E-state index in [1.165, 1.54) is 25.7 Å². The van der Waals surface area contributed by atoms with Gasteiger partial charge in [-0.15, -0.1) is 0 Å². The van der Waals surface area contributed by atoms with Crippen LogP contribution in [0.1, 0.15) is 32.1 Å². The van der Waals surface area contributed by atoms with Gasteiger partial charge in [-0.25, -0.2) is 0 Å². The van der Waals surface area contributed by atoms with Gasteiger partial charge in [0.25, 0.3) is 0 Å². The molecule has 4 fully saturated rings. The third-order valence-electron chi connectivity index (χ3n) is 9.61. The number of rotatable bonds is 7. The summed E-state index contributed by atoms with van der Waals surface area (Å²) in [6.07, 6.45) is 7.94. The Balaban J connectivity index is 1.16. The number of benzene rings is 2. The van der Waals surface area contributed by atoms with Crippen molar-refractivity contribution in [3.8, 4) is 22.9 Å². The Morgan fingerprint density at radius 3 is 2.59 bits per heavy atom. The molecule has 0 saturated carbocycles. The first kappa shape index (κ1) is 25.3. The van der Waals surface area contributed by atoms with Gasteiger partial charge in [0, 0.05) is 62.6 Å². The topological polar surface area (TPSA) is 87.9 Å². The summed E-state index contributed by atoms with van der Waals surface area (Å²) in [7, 11) is 2.07. The van der Waals surface area contributed by atoms with Crippen LogP contribution in [0, 0.1) is 0 Å². The Morgan fingerprint density at radius 2 is 1.78 bits per heavy atom. The van der Waals surface area contributed by atoms with Gasteiger partial charge in [-0.05, 0) is 60.6 Å². The lowest BCUT2D eigenvalue weighted by Crippen LogP contribution is -2.51. The summed E-state index contributed by atoms with van der Waals surface area (Å²) in [6, 6.07) is 14.4. The van der Waals surface area contributed by atoms with E-state index in [9.17, 15) is 5.11 Å². The molecule has 2 N–H and O–H groups in total. The minimum atomic E-state index is 0.247. The molecule has 0 amide bonds. The van der Waals surface area contributed by atoms with Gasteiger partial charge in [-0.2, -0.15) is 9.97 Å². The highest BCUT2D eigenvalue weighted by Crippen LogP contribution is 2.40. The van der Waals surface area contributed by atoms with E-state index in [0.717, 1.165) is 78.0 Å². The van der Waals surface area contributed by atoms with Gasteiger partial charge in [0.15, 0.2) is 5.82 Å². The standard InChI is InChI=1S/C32H38N6O3/c1-36-17-28(27-14-25(39)13-20-5-2-3-6-26(20)27)29-30(36)31(37-15-21-7-8-22(16-37)33-21)35-32(34-29)41-12-4-11-38-23-9-10-24(38)19-40-18-23/h2-3,5-6,13-14,17,21-24,33,39H,4,7-12,15-16,18-19H2,1H3/t21-,22+,23?,24?. The van der Waals surface area contributed by atoms with Crippen molar-refractivity contribution in [2.24, 2.45) is 7.05 Å². The molecule has 0 spiro atoms. The lowest BCUT2D eigenvalue weighted by Gasteiger charge is -2.34. The van der Waals surface area contributed by atoms with Crippen molar-refractivity contribution < 1.29 is 14.6 Å². The Kier molecular flexibility index (Phi) is 6.27. The van der Waals surface area contributed by atoms with Crippen LogP contribution in [-0.4, -0.2) is 88.2 Å². The number of aromatic nitrogens is 3. The summed E-state index contributed by atoms with van der Waals surface area (Å²) in [5.41, 5.74) is 3.81. The Bertz CT molecular complexity index is 1580. The maximum Gasteiger partial charge on any atom is 0.319 e. The molecule has 4 bridgehead atoms. The predicted molar refractivity (Wildman–Crippen MR) is 160 cm³/mol. The maximum atomic E-state index is 10.6. The molecule has 9 heteroatoms. The minimum Gasteiger partial charge on any atom is -0.508 e. The zero-order chi connectivity index (χ0) is 27.5. The van der Waals surface area contributed by atoms with Crippen molar-refractivity contribution in [3.63, 3.8) is 0 Å². The molecule has 4 saturated heterocycles. The molecule has 8 rings (SSSR count). The van der Waals surface area contributed by atoms with E-state index in [0.29, 0.717) is 36.8 Å². The quantitative estimate of drug-likeness (QED) is 0.331. The third kappa shape index (κ3) is 4.51. The van der Waals surface area contributed by atoms with Gasteiger partial charge in [-0.3, -0.25) is 4.90 Å². The second-order valence-electron chi connectivity index (χ2n) is 12.3. The first-order valence-corrected chi connectivity index (χ1v) is 15.2. The van der Waals surface area contributed by atoms with Crippen LogP contribution in [0.15, 0.2) is 42.6 Å². The largest absolute Gasteiger partial charge is 0.508 e. The molecule has 4 atom stereocenters. The van der Waals surface area contributed by atoms with E-state index in [1.807, 2.05) is 30.3 Å². The molecular weight excluding hydrogens is 516 g/mol. The normalized spacial score (nSPS) is 25.9. The highest BCUT2D eigenvalue weighted by Gasteiger charge is 2.37. The summed E-state index contributed by atoms with van der Waals surface area (Å²) >= 11 is 0. The fourth-order valence-electron chi connectivity index (χ4n) is 7.71. The van der Waals surface area contributed by atoms with Crippen LogP contribution in [-0.2, 0) is 11.8 Å². The van der Waals surface area contributed by atoms with Crippen LogP contribution < -0.4 is 15.0 Å². The SMILES string of the molecule is Cn1cc(-c2cc(O)cc3ccccc23)c2nc(OCCCN3C4CCC3COC4)nc(N3C[C@H]4CC[C@@H](C3)N4)c21. The lowest BCUT2D eigenvalue weighted by molar-refractivity contribution is -0.0161. The monoisotopic (exact) mass is 554 g/mol. The molecule has 6 heterocycles. The number of phenols is 1. The van der Waals surface area contributed by atoms with Crippen LogP contribution in [0.5, 0.6) is 11.8 Å². The number of aromatic hydroxyl groups is 1. The van der Waals surface area contributed by atoms with Crippen LogP contribution in [0.2, 0.25) is 0 Å². The van der Waals surface area contributed by atoms with Gasteiger partial charge >= 0.3 is 6.01 Å². The van der Waals surface area contributed by atoms with E-state index in [2.05, 4.69) is 39.0 Å². The van der Waals surface area contributed by atoms with Crippen molar-refractivity contribution in [1.82, 2.24) is 24.8 Å². The van der Waals surface area contributed by atoms with Gasteiger partial charge in [0.2, 0.25) is 0 Å². The number of nitrogens with one attached hydrogen (secondary N) is 1. The number of hydrogen-bond donors (Lipinski definition) is 2. The van der Waals surface area contributed by atoms with Crippen molar-refractivity contribution in [2.75, 3.05) is 44.4 Å². The lowest BCUT2D eigenvalue weighted by atomic mass is 9.99. The molecule has 2 aromatic carbocycles. The summed E-state index contributed by atoms with van der Waals surface area (Å²) in [5, 5.41) is 16.5. The van der Waals surface area contributed by atoms with Gasteiger partial charge < -0.3 is 29.4 Å².